The van der Waals surface area contributed by atoms with Gasteiger partial charge in [0.05, 0.1) is 7.11 Å². The summed E-state index contributed by atoms with van der Waals surface area (Å²) in [5.41, 5.74) is 0. The first-order chi connectivity index (χ1) is 4.77. The summed E-state index contributed by atoms with van der Waals surface area (Å²) in [6, 6.07) is 0. The van der Waals surface area contributed by atoms with Crippen LogP contribution in [0.4, 0.5) is 13.2 Å². The zero-order valence-corrected chi connectivity index (χ0v) is 6.20. The summed E-state index contributed by atoms with van der Waals surface area (Å²) >= 11 is 0. The molecule has 0 saturated heterocycles. The van der Waals surface area contributed by atoms with Crippen LogP contribution in [0.3, 0.4) is 0 Å². The van der Waals surface area contributed by atoms with Crippen LogP contribution in [0.15, 0.2) is 0 Å². The molecule has 0 fully saturated rings. The van der Waals surface area contributed by atoms with Gasteiger partial charge in [-0.2, -0.15) is 21.6 Å². The molecule has 0 aliphatic carbocycles. The first-order valence-electron chi connectivity index (χ1n) is 2.28. The Morgan fingerprint density at radius 1 is 1.36 bits per heavy atom. The molecule has 0 aliphatic rings. The van der Waals surface area contributed by atoms with Crippen LogP contribution in [0, 0.1) is 0 Å². The average molecular weight is 194 g/mol. The number of hydrogen-bond donors (Lipinski definition) is 0. The van der Waals surface area contributed by atoms with E-state index in [-0.39, 0.29) is 0 Å². The minimum atomic E-state index is -4.81. The van der Waals surface area contributed by atoms with Gasteiger partial charge in [0.25, 0.3) is 0 Å². The molecule has 8 heteroatoms. The second-order valence-corrected chi connectivity index (χ2v) is 3.09. The normalized spacial score (nSPS) is 13.5. The highest BCUT2D eigenvalue weighted by Crippen LogP contribution is 2.17. The standard InChI is InChI=1S/C3H5F3O4S/c1-9-10-11(7,8)2-3(4,5)6/h2H2,1H3. The van der Waals surface area contributed by atoms with Crippen LogP contribution in [0.25, 0.3) is 0 Å². The zero-order valence-electron chi connectivity index (χ0n) is 5.38. The Balaban J connectivity index is 4.15. The van der Waals surface area contributed by atoms with Crippen molar-refractivity contribution >= 4 is 10.1 Å². The van der Waals surface area contributed by atoms with Crippen molar-refractivity contribution in [2.45, 2.75) is 6.18 Å². The van der Waals surface area contributed by atoms with Crippen LogP contribution in [0.2, 0.25) is 0 Å². The van der Waals surface area contributed by atoms with Gasteiger partial charge in [0.2, 0.25) is 0 Å². The highest BCUT2D eigenvalue weighted by Gasteiger charge is 2.36. The minimum absolute atomic E-state index is 0.800. The molecule has 0 aromatic rings. The molecular formula is C3H5F3O4S. The van der Waals surface area contributed by atoms with E-state index in [0.29, 0.717) is 0 Å². The van der Waals surface area contributed by atoms with Crippen LogP contribution in [-0.4, -0.2) is 27.5 Å². The molecule has 0 aromatic heterocycles. The molecule has 0 amide bonds. The molecule has 0 heterocycles. The highest BCUT2D eigenvalue weighted by atomic mass is 32.2. The molecule has 0 spiro atoms. The summed E-state index contributed by atoms with van der Waals surface area (Å²) < 4.78 is 57.8. The lowest BCUT2D eigenvalue weighted by Crippen LogP contribution is -2.24. The van der Waals surface area contributed by atoms with Crippen LogP contribution >= 0.6 is 0 Å². The first-order valence-corrected chi connectivity index (χ1v) is 3.86. The topological polar surface area (TPSA) is 52.6 Å². The van der Waals surface area contributed by atoms with Gasteiger partial charge >= 0.3 is 16.3 Å². The highest BCUT2D eigenvalue weighted by molar-refractivity contribution is 7.86. The zero-order chi connectivity index (χ0) is 9.12. The van der Waals surface area contributed by atoms with Crippen LogP contribution in [0.1, 0.15) is 0 Å². The SMILES string of the molecule is COOS(=O)(=O)CC(F)(F)F. The summed E-state index contributed by atoms with van der Waals surface area (Å²) in [4.78, 5) is 3.56. The summed E-state index contributed by atoms with van der Waals surface area (Å²) in [6.07, 6.45) is -4.81. The van der Waals surface area contributed by atoms with E-state index in [1.54, 1.807) is 0 Å². The van der Waals surface area contributed by atoms with Gasteiger partial charge in [-0.1, -0.05) is 0 Å². The van der Waals surface area contributed by atoms with E-state index < -0.39 is 22.0 Å². The number of alkyl halides is 3. The molecule has 0 N–H and O–H groups in total. The largest absolute Gasteiger partial charge is 0.405 e. The van der Waals surface area contributed by atoms with Gasteiger partial charge in [0, 0.05) is 0 Å². The molecular weight excluding hydrogens is 189 g/mol. The van der Waals surface area contributed by atoms with Gasteiger partial charge in [-0.25, -0.2) is 4.89 Å². The third-order valence-electron chi connectivity index (χ3n) is 0.512. The third kappa shape index (κ3) is 6.07. The van der Waals surface area contributed by atoms with E-state index in [2.05, 4.69) is 9.22 Å². The van der Waals surface area contributed by atoms with E-state index >= 15 is 0 Å². The minimum Gasteiger partial charge on any atom is -0.223 e. The Bertz CT molecular complexity index is 205. The maximum atomic E-state index is 11.4. The van der Waals surface area contributed by atoms with E-state index in [4.69, 9.17) is 0 Å². The molecule has 0 bridgehead atoms. The smallest absolute Gasteiger partial charge is 0.223 e. The van der Waals surface area contributed by atoms with Crippen molar-refractivity contribution in [2.75, 3.05) is 12.9 Å². The monoisotopic (exact) mass is 194 g/mol. The summed E-state index contributed by atoms with van der Waals surface area (Å²) in [7, 11) is -3.84. The van der Waals surface area contributed by atoms with Crippen molar-refractivity contribution in [2.24, 2.45) is 0 Å². The quantitative estimate of drug-likeness (QED) is 0.483. The molecule has 0 atom stereocenters. The van der Waals surface area contributed by atoms with Crippen molar-refractivity contribution in [3.05, 3.63) is 0 Å². The van der Waals surface area contributed by atoms with Gasteiger partial charge < -0.3 is 0 Å². The summed E-state index contributed by atoms with van der Waals surface area (Å²) in [5, 5.41) is 0. The number of rotatable bonds is 3. The van der Waals surface area contributed by atoms with Crippen LogP contribution < -0.4 is 0 Å². The van der Waals surface area contributed by atoms with Crippen LogP contribution in [-0.2, 0) is 19.3 Å². The maximum Gasteiger partial charge on any atom is 0.405 e. The van der Waals surface area contributed by atoms with Gasteiger partial charge in [0.15, 0.2) is 5.75 Å². The fraction of sp³-hybridized carbons (Fsp3) is 1.00. The molecule has 68 valence electrons. The predicted octanol–water partition coefficient (Wildman–Crippen LogP) is 0.457. The summed E-state index contributed by atoms with van der Waals surface area (Å²) in [5.74, 6) is -2.05. The van der Waals surface area contributed by atoms with E-state index in [0.717, 1.165) is 7.11 Å². The molecule has 11 heavy (non-hydrogen) atoms. The lowest BCUT2D eigenvalue weighted by molar-refractivity contribution is -0.177. The molecule has 0 radical (unpaired) electrons. The second kappa shape index (κ2) is 3.37. The Labute approximate surface area is 61.0 Å². The van der Waals surface area contributed by atoms with Crippen molar-refractivity contribution in [3.8, 4) is 0 Å². The Morgan fingerprint density at radius 2 is 1.82 bits per heavy atom. The first kappa shape index (κ1) is 10.7. The maximum absolute atomic E-state index is 11.4. The molecule has 4 nitrogen and oxygen atoms in total. The number of hydrogen-bond acceptors (Lipinski definition) is 4. The van der Waals surface area contributed by atoms with Crippen LogP contribution in [0.5, 0.6) is 0 Å². The summed E-state index contributed by atoms with van der Waals surface area (Å²) in [6.45, 7) is 0. The van der Waals surface area contributed by atoms with E-state index in [1.165, 1.54) is 0 Å². The third-order valence-corrected chi connectivity index (χ3v) is 1.54. The van der Waals surface area contributed by atoms with Gasteiger partial charge in [-0.05, 0) is 0 Å². The molecule has 0 unspecified atom stereocenters. The average Bonchev–Trinajstić information content (AvgIpc) is 1.55. The molecule has 0 saturated carbocycles. The van der Waals surface area contributed by atoms with E-state index in [9.17, 15) is 21.6 Å². The Hall–Kier alpha value is -0.340. The molecule has 0 rings (SSSR count). The number of halogens is 3. The van der Waals surface area contributed by atoms with E-state index in [1.807, 2.05) is 0 Å². The second-order valence-electron chi connectivity index (χ2n) is 1.55. The molecule has 0 aromatic carbocycles. The van der Waals surface area contributed by atoms with Crippen molar-refractivity contribution < 1.29 is 30.8 Å². The van der Waals surface area contributed by atoms with Gasteiger partial charge in [-0.15, -0.1) is 4.33 Å². The fourth-order valence-corrected chi connectivity index (χ4v) is 0.985. The van der Waals surface area contributed by atoms with Crippen molar-refractivity contribution in [1.29, 1.82) is 0 Å². The van der Waals surface area contributed by atoms with Crippen molar-refractivity contribution in [1.82, 2.24) is 0 Å². The lowest BCUT2D eigenvalue weighted by Gasteiger charge is -2.04. The van der Waals surface area contributed by atoms with Gasteiger partial charge in [-0.3, -0.25) is 0 Å². The fourth-order valence-electron chi connectivity index (χ4n) is 0.328. The van der Waals surface area contributed by atoms with Gasteiger partial charge in [0.1, 0.15) is 0 Å². The predicted molar refractivity (Wildman–Crippen MR) is 27.9 cm³/mol. The Morgan fingerprint density at radius 3 is 2.09 bits per heavy atom. The Kier molecular flexibility index (Phi) is 3.27. The van der Waals surface area contributed by atoms with Crippen molar-refractivity contribution in [3.63, 3.8) is 0 Å². The molecule has 0 aliphatic heterocycles. The lowest BCUT2D eigenvalue weighted by atomic mass is 10.8.